The molecule has 2 heteroatoms. The van der Waals surface area contributed by atoms with Crippen molar-refractivity contribution in [2.75, 3.05) is 9.80 Å². The zero-order valence-corrected chi connectivity index (χ0v) is 49.8. The normalized spacial score (nSPS) is 14.5. The minimum absolute atomic E-state index is 0.159. The van der Waals surface area contributed by atoms with Crippen molar-refractivity contribution in [3.63, 3.8) is 0 Å². The van der Waals surface area contributed by atoms with Crippen molar-refractivity contribution in [1.82, 2.24) is 0 Å². The number of anilines is 6. The van der Waals surface area contributed by atoms with E-state index in [1.165, 1.54) is 133 Å². The van der Waals surface area contributed by atoms with E-state index in [0.717, 1.165) is 22.7 Å². The Morgan fingerprint density at radius 3 is 0.882 bits per heavy atom. The summed E-state index contributed by atoms with van der Waals surface area (Å²) in [5, 5.41) is 4.94. The lowest BCUT2D eigenvalue weighted by molar-refractivity contribution is 0.660. The van der Waals surface area contributed by atoms with Crippen LogP contribution in [0.2, 0.25) is 0 Å². The SMILES string of the molecule is Cc1cccc(N(c2ccc3c(c2)C(C)(C)c2cc(/C=C/c4ccc5c(c4)C(C)(C)c4cc(/C=C/c6ccc7c(c6)C(C)(C)c6cc(N(c8cccc(C)c8)c8cccc9ccccc89)ccc6-7)ccc4-5)ccc2-3)c2cccc3ccccc23)c1. The van der Waals surface area contributed by atoms with Crippen LogP contribution >= 0.6 is 0 Å². The number of hydrogen-bond acceptors (Lipinski definition) is 2. The van der Waals surface area contributed by atoms with Gasteiger partial charge in [-0.2, -0.15) is 0 Å². The fourth-order valence-electron chi connectivity index (χ4n) is 14.5. The second-order valence-electron chi connectivity index (χ2n) is 25.6. The number of rotatable bonds is 10. The summed E-state index contributed by atoms with van der Waals surface area (Å²) in [7, 11) is 0. The molecule has 0 fully saturated rings. The highest BCUT2D eigenvalue weighted by molar-refractivity contribution is 6.01. The molecule has 0 radical (unpaired) electrons. The molecule has 0 atom stereocenters. The Hall–Kier alpha value is -9.76. The van der Waals surface area contributed by atoms with Crippen LogP contribution in [-0.2, 0) is 16.2 Å². The van der Waals surface area contributed by atoms with Gasteiger partial charge < -0.3 is 9.80 Å². The highest BCUT2D eigenvalue weighted by Gasteiger charge is 2.39. The van der Waals surface area contributed by atoms with Gasteiger partial charge in [0.05, 0.1) is 11.4 Å². The first kappa shape index (κ1) is 52.1. The van der Waals surface area contributed by atoms with Gasteiger partial charge in [-0.3, -0.25) is 0 Å². The quantitative estimate of drug-likeness (QED) is 0.126. The third-order valence-corrected chi connectivity index (χ3v) is 19.1. The van der Waals surface area contributed by atoms with Crippen molar-refractivity contribution in [3.05, 3.63) is 309 Å². The Kier molecular flexibility index (Phi) is 12.1. The molecule has 15 rings (SSSR count). The molecule has 0 unspecified atom stereocenters. The molecule has 0 saturated heterocycles. The first-order valence-electron chi connectivity index (χ1n) is 30.1. The van der Waals surface area contributed by atoms with Gasteiger partial charge in [0.1, 0.15) is 0 Å². The van der Waals surface area contributed by atoms with E-state index in [1.807, 2.05) is 0 Å². The van der Waals surface area contributed by atoms with Gasteiger partial charge >= 0.3 is 0 Å². The summed E-state index contributed by atoms with van der Waals surface area (Å²) in [5.41, 5.74) is 29.9. The molecule has 12 aromatic carbocycles. The molecule has 0 N–H and O–H groups in total. The van der Waals surface area contributed by atoms with Gasteiger partial charge in [0.25, 0.3) is 0 Å². The molecule has 410 valence electrons. The lowest BCUT2D eigenvalue weighted by Crippen LogP contribution is -2.17. The van der Waals surface area contributed by atoms with Gasteiger partial charge in [-0.15, -0.1) is 0 Å². The van der Waals surface area contributed by atoms with E-state index in [9.17, 15) is 0 Å². The van der Waals surface area contributed by atoms with Gasteiger partial charge in [0.15, 0.2) is 0 Å². The predicted octanol–water partition coefficient (Wildman–Crippen LogP) is 22.8. The molecular weight excluding hydrogens is 1020 g/mol. The molecule has 0 aromatic heterocycles. The standard InChI is InChI=1S/C83H68N2/c1-53-17-13-23-61(45-53)84(79-27-15-21-59-19-9-11-25-65(59)79)63-37-43-71-69-41-35-57(49-75(69)82(5,6)77(71)51-63)31-29-55-33-39-67-68-40-34-56(48-74(68)81(3,4)73(67)47-55)30-32-58-36-42-70-72-44-38-64(52-78(72)83(7,8)76(70)50-58)85(62-24-14-18-54(2)46-62)80-28-16-22-60-20-10-12-26-66(60)80/h9-52H,1-8H3/b31-29+,32-30+. The molecule has 12 aromatic rings. The Balaban J connectivity index is 0.673. The Morgan fingerprint density at radius 2 is 0.541 bits per heavy atom. The largest absolute Gasteiger partial charge is 0.310 e. The van der Waals surface area contributed by atoms with E-state index in [-0.39, 0.29) is 16.2 Å². The van der Waals surface area contributed by atoms with Crippen molar-refractivity contribution < 1.29 is 0 Å². The van der Waals surface area contributed by atoms with Crippen molar-refractivity contribution >= 4 is 80.0 Å². The van der Waals surface area contributed by atoms with Crippen LogP contribution in [0.3, 0.4) is 0 Å². The van der Waals surface area contributed by atoms with E-state index >= 15 is 0 Å². The second kappa shape index (κ2) is 19.7. The van der Waals surface area contributed by atoms with Crippen LogP contribution in [0.4, 0.5) is 34.1 Å². The molecule has 0 aliphatic heterocycles. The maximum absolute atomic E-state index is 2.44. The molecule has 2 nitrogen and oxygen atoms in total. The zero-order valence-electron chi connectivity index (χ0n) is 49.8. The summed E-state index contributed by atoms with van der Waals surface area (Å²) in [6.07, 6.45) is 9.20. The van der Waals surface area contributed by atoms with Crippen LogP contribution < -0.4 is 9.80 Å². The van der Waals surface area contributed by atoms with E-state index in [0.29, 0.717) is 0 Å². The van der Waals surface area contributed by atoms with Crippen molar-refractivity contribution in [2.45, 2.75) is 71.6 Å². The van der Waals surface area contributed by atoms with Gasteiger partial charge in [-0.05, 0) is 185 Å². The Labute approximate surface area is 501 Å². The summed E-state index contributed by atoms with van der Waals surface area (Å²) in [6.45, 7) is 18.7. The van der Waals surface area contributed by atoms with Gasteiger partial charge in [-0.1, -0.05) is 248 Å². The van der Waals surface area contributed by atoms with E-state index < -0.39 is 0 Å². The zero-order chi connectivity index (χ0) is 57.9. The molecule has 3 aliphatic carbocycles. The van der Waals surface area contributed by atoms with E-state index in [2.05, 4.69) is 332 Å². The van der Waals surface area contributed by atoms with Crippen LogP contribution in [0.15, 0.2) is 243 Å². The Bertz CT molecular complexity index is 4480. The van der Waals surface area contributed by atoms with Crippen LogP contribution in [0, 0.1) is 13.8 Å². The molecule has 3 aliphatic rings. The van der Waals surface area contributed by atoms with Crippen LogP contribution in [0.5, 0.6) is 0 Å². The topological polar surface area (TPSA) is 6.48 Å². The molecule has 0 heterocycles. The average Bonchev–Trinajstić information content (AvgIpc) is 1.73. The summed E-state index contributed by atoms with van der Waals surface area (Å²) < 4.78 is 0. The maximum atomic E-state index is 2.44. The fourth-order valence-corrected chi connectivity index (χ4v) is 14.5. The third-order valence-electron chi connectivity index (χ3n) is 19.1. The first-order chi connectivity index (χ1) is 41.2. The van der Waals surface area contributed by atoms with Gasteiger partial charge in [0.2, 0.25) is 0 Å². The number of nitrogens with zero attached hydrogens (tertiary/aromatic N) is 2. The minimum atomic E-state index is -0.194. The van der Waals surface area contributed by atoms with E-state index in [4.69, 9.17) is 0 Å². The maximum Gasteiger partial charge on any atom is 0.0540 e. The smallest absolute Gasteiger partial charge is 0.0540 e. The van der Waals surface area contributed by atoms with E-state index in [1.54, 1.807) is 0 Å². The monoisotopic (exact) mass is 1090 g/mol. The number of hydrogen-bond donors (Lipinski definition) is 0. The molecule has 0 saturated carbocycles. The summed E-state index contributed by atoms with van der Waals surface area (Å²) in [5.74, 6) is 0. The van der Waals surface area contributed by atoms with Gasteiger partial charge in [0, 0.05) is 49.8 Å². The van der Waals surface area contributed by atoms with Crippen molar-refractivity contribution in [2.24, 2.45) is 0 Å². The van der Waals surface area contributed by atoms with Crippen LogP contribution in [0.1, 0.15) is 108 Å². The third kappa shape index (κ3) is 8.60. The molecule has 0 spiro atoms. The summed E-state index contributed by atoms with van der Waals surface area (Å²) in [4.78, 5) is 4.88. The molecule has 85 heavy (non-hydrogen) atoms. The number of benzene rings is 12. The minimum Gasteiger partial charge on any atom is -0.310 e. The summed E-state index contributed by atoms with van der Waals surface area (Å²) >= 11 is 0. The second-order valence-corrected chi connectivity index (χ2v) is 25.6. The lowest BCUT2D eigenvalue weighted by atomic mass is 9.81. The van der Waals surface area contributed by atoms with Crippen LogP contribution in [-0.4, -0.2) is 0 Å². The molecule has 0 bridgehead atoms. The highest BCUT2D eigenvalue weighted by atomic mass is 15.1. The first-order valence-corrected chi connectivity index (χ1v) is 30.1. The van der Waals surface area contributed by atoms with Gasteiger partial charge in [-0.25, -0.2) is 0 Å². The lowest BCUT2D eigenvalue weighted by Gasteiger charge is -2.29. The van der Waals surface area contributed by atoms with Crippen molar-refractivity contribution in [3.8, 4) is 33.4 Å². The predicted molar refractivity (Wildman–Crippen MR) is 364 cm³/mol. The number of aryl methyl sites for hydroxylation is 2. The number of fused-ring (bicyclic) bond motifs is 11. The molecule has 0 amide bonds. The Morgan fingerprint density at radius 1 is 0.259 bits per heavy atom. The van der Waals surface area contributed by atoms with Crippen molar-refractivity contribution in [1.29, 1.82) is 0 Å². The van der Waals surface area contributed by atoms with Crippen LogP contribution in [0.25, 0.3) is 79.2 Å². The highest BCUT2D eigenvalue weighted by Crippen LogP contribution is 2.54. The fraction of sp³-hybridized carbons (Fsp3) is 0.133. The molecular formula is C83H68N2. The average molecular weight is 1090 g/mol. The summed E-state index contributed by atoms with van der Waals surface area (Å²) in [6, 6.07) is 90.8.